The molecule has 0 aliphatic rings. The van der Waals surface area contributed by atoms with Crippen LogP contribution in [0.15, 0.2) is 24.8 Å². The second-order valence-electron chi connectivity index (χ2n) is 8.13. The number of likely N-dealkylation sites (N-methyl/N-ethyl adjacent to an activating group) is 1. The zero-order valence-corrected chi connectivity index (χ0v) is 19.9. The molecule has 0 radical (unpaired) electrons. The number of anilines is 1. The van der Waals surface area contributed by atoms with Gasteiger partial charge in [0.1, 0.15) is 0 Å². The number of carbonyl (C=O) groups excluding carboxylic acids is 1. The minimum absolute atomic E-state index is 0.0209. The van der Waals surface area contributed by atoms with E-state index in [1.54, 1.807) is 13.0 Å². The summed E-state index contributed by atoms with van der Waals surface area (Å²) >= 11 is 6.45. The molecular weight excluding hydrogens is 396 g/mol. The molecule has 1 aromatic rings. The normalized spacial score (nSPS) is 11.9. The van der Waals surface area contributed by atoms with Crippen molar-refractivity contribution in [3.8, 4) is 0 Å². The fourth-order valence-electron chi connectivity index (χ4n) is 3.68. The number of hydrogen-bond donors (Lipinski definition) is 2. The SMILES string of the molecule is C=C(NC(=O)CCCCCCCCCCC)c1c(Cl)cccc1N(CC)CC(C)O. The summed E-state index contributed by atoms with van der Waals surface area (Å²) in [5, 5.41) is 13.3. The molecule has 0 heterocycles. The predicted octanol–water partition coefficient (Wildman–Crippen LogP) is 6.55. The Labute approximate surface area is 188 Å². The van der Waals surface area contributed by atoms with Crippen molar-refractivity contribution in [1.82, 2.24) is 5.32 Å². The Kier molecular flexibility index (Phi) is 13.5. The topological polar surface area (TPSA) is 52.6 Å². The van der Waals surface area contributed by atoms with Crippen molar-refractivity contribution in [2.24, 2.45) is 0 Å². The Bertz CT molecular complexity index is 646. The second kappa shape index (κ2) is 15.3. The lowest BCUT2D eigenvalue weighted by molar-refractivity contribution is -0.120. The highest BCUT2D eigenvalue weighted by Crippen LogP contribution is 2.32. The minimum atomic E-state index is -0.466. The molecule has 1 amide bonds. The Morgan fingerprint density at radius 2 is 1.70 bits per heavy atom. The third-order valence-electron chi connectivity index (χ3n) is 5.30. The Balaban J connectivity index is 2.51. The van der Waals surface area contributed by atoms with Crippen LogP contribution in [0.4, 0.5) is 5.69 Å². The first-order valence-corrected chi connectivity index (χ1v) is 12.0. The van der Waals surface area contributed by atoms with Crippen molar-refractivity contribution in [3.05, 3.63) is 35.4 Å². The van der Waals surface area contributed by atoms with Crippen LogP contribution in [0.5, 0.6) is 0 Å². The lowest BCUT2D eigenvalue weighted by Gasteiger charge is -2.28. The summed E-state index contributed by atoms with van der Waals surface area (Å²) in [6.45, 7) is 11.3. The average molecular weight is 437 g/mol. The van der Waals surface area contributed by atoms with Gasteiger partial charge in [0.05, 0.1) is 11.1 Å². The Morgan fingerprint density at radius 1 is 1.10 bits per heavy atom. The van der Waals surface area contributed by atoms with E-state index in [0.717, 1.165) is 30.6 Å². The molecule has 0 aliphatic carbocycles. The van der Waals surface area contributed by atoms with E-state index in [-0.39, 0.29) is 5.91 Å². The van der Waals surface area contributed by atoms with Gasteiger partial charge in [-0.15, -0.1) is 0 Å². The van der Waals surface area contributed by atoms with Crippen LogP contribution in [-0.4, -0.2) is 30.2 Å². The Hall–Kier alpha value is -1.52. The van der Waals surface area contributed by atoms with Crippen molar-refractivity contribution in [3.63, 3.8) is 0 Å². The molecule has 1 aromatic carbocycles. The number of carbonyl (C=O) groups is 1. The van der Waals surface area contributed by atoms with Crippen molar-refractivity contribution in [2.45, 2.75) is 91.1 Å². The summed E-state index contributed by atoms with van der Waals surface area (Å²) in [7, 11) is 0. The molecule has 5 heteroatoms. The first kappa shape index (κ1) is 26.5. The van der Waals surface area contributed by atoms with E-state index in [0.29, 0.717) is 23.7 Å². The molecule has 0 aliphatic heterocycles. The number of nitrogens with zero attached hydrogens (tertiary/aromatic N) is 1. The fraction of sp³-hybridized carbons (Fsp3) is 0.640. The van der Waals surface area contributed by atoms with E-state index in [2.05, 4.69) is 18.8 Å². The van der Waals surface area contributed by atoms with Gasteiger partial charge in [0, 0.05) is 36.5 Å². The van der Waals surface area contributed by atoms with Crippen LogP contribution in [0.2, 0.25) is 5.02 Å². The number of nitrogens with one attached hydrogen (secondary N) is 1. The Morgan fingerprint density at radius 3 is 2.27 bits per heavy atom. The van der Waals surface area contributed by atoms with E-state index in [4.69, 9.17) is 11.6 Å². The fourth-order valence-corrected chi connectivity index (χ4v) is 3.96. The van der Waals surface area contributed by atoms with Crippen LogP contribution in [0, 0.1) is 0 Å². The smallest absolute Gasteiger partial charge is 0.224 e. The van der Waals surface area contributed by atoms with Crippen LogP contribution in [-0.2, 0) is 4.79 Å². The van der Waals surface area contributed by atoms with Gasteiger partial charge in [-0.2, -0.15) is 0 Å². The molecule has 0 aromatic heterocycles. The zero-order chi connectivity index (χ0) is 22.4. The van der Waals surface area contributed by atoms with Gasteiger partial charge in [0.15, 0.2) is 0 Å². The number of amides is 1. The van der Waals surface area contributed by atoms with E-state index < -0.39 is 6.10 Å². The largest absolute Gasteiger partial charge is 0.392 e. The molecule has 2 N–H and O–H groups in total. The van der Waals surface area contributed by atoms with Gasteiger partial charge in [-0.1, -0.05) is 82.5 Å². The summed E-state index contributed by atoms with van der Waals surface area (Å²) < 4.78 is 0. The summed E-state index contributed by atoms with van der Waals surface area (Å²) in [6, 6.07) is 5.63. The third kappa shape index (κ3) is 9.99. The van der Waals surface area contributed by atoms with E-state index in [1.807, 2.05) is 24.0 Å². The number of benzene rings is 1. The average Bonchev–Trinajstić information content (AvgIpc) is 2.70. The zero-order valence-electron chi connectivity index (χ0n) is 19.2. The lowest BCUT2D eigenvalue weighted by Crippen LogP contribution is -2.32. The highest BCUT2D eigenvalue weighted by molar-refractivity contribution is 6.33. The van der Waals surface area contributed by atoms with Gasteiger partial charge < -0.3 is 15.3 Å². The maximum atomic E-state index is 12.4. The summed E-state index contributed by atoms with van der Waals surface area (Å²) in [4.78, 5) is 14.5. The quantitative estimate of drug-likeness (QED) is 0.288. The maximum absolute atomic E-state index is 12.4. The maximum Gasteiger partial charge on any atom is 0.224 e. The van der Waals surface area contributed by atoms with Crippen LogP contribution in [0.3, 0.4) is 0 Å². The number of rotatable bonds is 16. The standard InChI is InChI=1S/C25H41ClN2O2/c1-5-7-8-9-10-11-12-13-14-18-24(30)27-21(4)25-22(26)16-15-17-23(25)28(6-2)19-20(3)29/h15-17,20,29H,4-14,18-19H2,1-3H3,(H,27,30). The number of unbranched alkanes of at least 4 members (excludes halogenated alkanes) is 8. The summed E-state index contributed by atoms with van der Waals surface area (Å²) in [5.74, 6) is -0.0209. The van der Waals surface area contributed by atoms with Crippen molar-refractivity contribution >= 4 is 28.9 Å². The van der Waals surface area contributed by atoms with Crippen LogP contribution >= 0.6 is 11.6 Å². The van der Waals surface area contributed by atoms with Crippen molar-refractivity contribution < 1.29 is 9.90 Å². The van der Waals surface area contributed by atoms with Crippen LogP contribution in [0.1, 0.15) is 90.5 Å². The van der Waals surface area contributed by atoms with Crippen molar-refractivity contribution in [2.75, 3.05) is 18.0 Å². The van der Waals surface area contributed by atoms with Crippen molar-refractivity contribution in [1.29, 1.82) is 0 Å². The number of hydrogen-bond acceptors (Lipinski definition) is 3. The van der Waals surface area contributed by atoms with Gasteiger partial charge in [-0.25, -0.2) is 0 Å². The first-order chi connectivity index (χ1) is 14.4. The molecule has 0 spiro atoms. The summed E-state index contributed by atoms with van der Waals surface area (Å²) in [6.07, 6.45) is 11.1. The minimum Gasteiger partial charge on any atom is -0.392 e. The molecule has 1 atom stereocenters. The molecule has 0 fully saturated rings. The molecule has 4 nitrogen and oxygen atoms in total. The van der Waals surface area contributed by atoms with Gasteiger partial charge in [0.2, 0.25) is 5.91 Å². The molecular formula is C25H41ClN2O2. The molecule has 30 heavy (non-hydrogen) atoms. The number of halogens is 1. The van der Waals surface area contributed by atoms with Gasteiger partial charge in [-0.3, -0.25) is 4.79 Å². The number of aliphatic hydroxyl groups excluding tert-OH is 1. The van der Waals surface area contributed by atoms with Gasteiger partial charge in [-0.05, 0) is 32.4 Å². The highest BCUT2D eigenvalue weighted by atomic mass is 35.5. The van der Waals surface area contributed by atoms with E-state index in [1.165, 1.54) is 44.9 Å². The monoisotopic (exact) mass is 436 g/mol. The van der Waals surface area contributed by atoms with Crippen LogP contribution in [0.25, 0.3) is 5.70 Å². The number of aliphatic hydroxyl groups is 1. The molecule has 0 saturated carbocycles. The molecule has 1 unspecified atom stereocenters. The molecule has 0 saturated heterocycles. The van der Waals surface area contributed by atoms with E-state index >= 15 is 0 Å². The molecule has 0 bridgehead atoms. The second-order valence-corrected chi connectivity index (χ2v) is 8.53. The third-order valence-corrected chi connectivity index (χ3v) is 5.61. The lowest BCUT2D eigenvalue weighted by atomic mass is 10.1. The summed E-state index contributed by atoms with van der Waals surface area (Å²) in [5.41, 5.74) is 2.11. The molecule has 1 rings (SSSR count). The highest BCUT2D eigenvalue weighted by Gasteiger charge is 2.18. The van der Waals surface area contributed by atoms with E-state index in [9.17, 15) is 9.90 Å². The first-order valence-electron chi connectivity index (χ1n) is 11.6. The van der Waals surface area contributed by atoms with Gasteiger partial charge >= 0.3 is 0 Å². The molecule has 170 valence electrons. The van der Waals surface area contributed by atoms with Gasteiger partial charge in [0.25, 0.3) is 0 Å². The predicted molar refractivity (Wildman–Crippen MR) is 130 cm³/mol. The van der Waals surface area contributed by atoms with Crippen LogP contribution < -0.4 is 10.2 Å².